The van der Waals surface area contributed by atoms with Gasteiger partial charge in [-0.3, -0.25) is 0 Å². The lowest BCUT2D eigenvalue weighted by Crippen LogP contribution is -2.43. The minimum Gasteiger partial charge on any atom is -0.399 e. The molecule has 1 fully saturated rings. The van der Waals surface area contributed by atoms with Gasteiger partial charge < -0.3 is 16.2 Å². The molecule has 1 heterocycles. The molecule has 0 spiro atoms. The Morgan fingerprint density at radius 3 is 2.81 bits per heavy atom. The quantitative estimate of drug-likeness (QED) is 0.551. The lowest BCUT2D eigenvalue weighted by Gasteiger charge is -2.32. The predicted molar refractivity (Wildman–Crippen MR) is 68.6 cm³/mol. The highest BCUT2D eigenvalue weighted by Gasteiger charge is 2.28. The Labute approximate surface area is 100 Å². The molecular weight excluding hydrogens is 220 g/mol. The number of anilines is 1. The van der Waals surface area contributed by atoms with Gasteiger partial charge in [-0.2, -0.15) is 0 Å². The average molecular weight is 238 g/mol. The molecule has 0 aliphatic carbocycles. The van der Waals surface area contributed by atoms with Crippen LogP contribution in [0.15, 0.2) is 29.2 Å². The van der Waals surface area contributed by atoms with Crippen LogP contribution < -0.4 is 11.1 Å². The summed E-state index contributed by atoms with van der Waals surface area (Å²) in [6, 6.07) is 7.81. The molecule has 1 aromatic rings. The first-order valence-electron chi connectivity index (χ1n) is 5.59. The van der Waals surface area contributed by atoms with Crippen molar-refractivity contribution in [2.45, 2.75) is 23.3 Å². The summed E-state index contributed by atoms with van der Waals surface area (Å²) in [6.45, 7) is 1.82. The number of benzene rings is 1. The summed E-state index contributed by atoms with van der Waals surface area (Å²) in [5.74, 6) is 0.748. The highest BCUT2D eigenvalue weighted by atomic mass is 32.2. The van der Waals surface area contributed by atoms with Crippen LogP contribution >= 0.6 is 11.8 Å². The highest BCUT2D eigenvalue weighted by molar-refractivity contribution is 7.99. The molecule has 1 saturated heterocycles. The molecule has 1 aliphatic rings. The number of thioether (sulfide) groups is 1. The molecule has 0 atom stereocenters. The lowest BCUT2D eigenvalue weighted by atomic mass is 9.95. The summed E-state index contributed by atoms with van der Waals surface area (Å²) in [5, 5.41) is 13.6. The number of aliphatic hydroxyl groups is 1. The Hall–Kier alpha value is -0.710. The zero-order chi connectivity index (χ0) is 11.4. The molecule has 0 saturated carbocycles. The maximum absolute atomic E-state index is 10.3. The average Bonchev–Trinajstić information content (AvgIpc) is 2.28. The minimum absolute atomic E-state index is 0.513. The van der Waals surface area contributed by atoms with Crippen molar-refractivity contribution in [2.24, 2.45) is 0 Å². The summed E-state index contributed by atoms with van der Waals surface area (Å²) < 4.78 is 0. The largest absolute Gasteiger partial charge is 0.399 e. The van der Waals surface area contributed by atoms with Gasteiger partial charge in [-0.15, -0.1) is 11.8 Å². The Morgan fingerprint density at radius 2 is 2.12 bits per heavy atom. The normalized spacial score (nSPS) is 19.6. The number of rotatable bonds is 3. The SMILES string of the molecule is Nc1cccc(SCC2(O)CCNCC2)c1. The van der Waals surface area contributed by atoms with Crippen molar-refractivity contribution in [3.63, 3.8) is 0 Å². The third-order valence-electron chi connectivity index (χ3n) is 2.90. The van der Waals surface area contributed by atoms with Crippen LogP contribution in [-0.4, -0.2) is 29.5 Å². The van der Waals surface area contributed by atoms with Crippen LogP contribution in [0.25, 0.3) is 0 Å². The van der Waals surface area contributed by atoms with Gasteiger partial charge in [-0.1, -0.05) is 6.07 Å². The molecule has 16 heavy (non-hydrogen) atoms. The number of piperidine rings is 1. The van der Waals surface area contributed by atoms with Gasteiger partial charge in [-0.05, 0) is 44.1 Å². The highest BCUT2D eigenvalue weighted by Crippen LogP contribution is 2.28. The zero-order valence-corrected chi connectivity index (χ0v) is 10.1. The number of nitrogens with one attached hydrogen (secondary N) is 1. The van der Waals surface area contributed by atoms with Crippen molar-refractivity contribution in [3.8, 4) is 0 Å². The topological polar surface area (TPSA) is 58.3 Å². The van der Waals surface area contributed by atoms with Crippen LogP contribution in [-0.2, 0) is 0 Å². The molecule has 4 heteroatoms. The van der Waals surface area contributed by atoms with Gasteiger partial charge in [0.05, 0.1) is 5.60 Å². The fraction of sp³-hybridized carbons (Fsp3) is 0.500. The molecule has 3 nitrogen and oxygen atoms in total. The summed E-state index contributed by atoms with van der Waals surface area (Å²) in [7, 11) is 0. The van der Waals surface area contributed by atoms with Crippen molar-refractivity contribution in [1.82, 2.24) is 5.32 Å². The second-order valence-corrected chi connectivity index (χ2v) is 5.38. The van der Waals surface area contributed by atoms with E-state index in [1.165, 1.54) is 0 Å². The summed E-state index contributed by atoms with van der Waals surface area (Å²) in [4.78, 5) is 1.13. The Balaban J connectivity index is 1.91. The second kappa shape index (κ2) is 5.08. The van der Waals surface area contributed by atoms with Crippen LogP contribution in [0.2, 0.25) is 0 Å². The third-order valence-corrected chi connectivity index (χ3v) is 4.17. The van der Waals surface area contributed by atoms with Crippen LogP contribution in [0.3, 0.4) is 0 Å². The van der Waals surface area contributed by atoms with E-state index in [1.54, 1.807) is 11.8 Å². The maximum atomic E-state index is 10.3. The van der Waals surface area contributed by atoms with Crippen molar-refractivity contribution >= 4 is 17.4 Å². The van der Waals surface area contributed by atoms with Crippen LogP contribution in [0.1, 0.15) is 12.8 Å². The van der Waals surface area contributed by atoms with Gasteiger partial charge >= 0.3 is 0 Å². The molecule has 0 unspecified atom stereocenters. The van der Waals surface area contributed by atoms with E-state index in [4.69, 9.17) is 5.73 Å². The van der Waals surface area contributed by atoms with Gasteiger partial charge in [0.2, 0.25) is 0 Å². The van der Waals surface area contributed by atoms with E-state index in [2.05, 4.69) is 5.32 Å². The summed E-state index contributed by atoms with van der Waals surface area (Å²) in [6.07, 6.45) is 1.67. The molecule has 1 aromatic carbocycles. The zero-order valence-electron chi connectivity index (χ0n) is 9.28. The molecule has 2 rings (SSSR count). The van der Waals surface area contributed by atoms with Crippen LogP contribution in [0, 0.1) is 0 Å². The van der Waals surface area contributed by atoms with Crippen molar-refractivity contribution in [1.29, 1.82) is 0 Å². The number of hydrogen-bond acceptors (Lipinski definition) is 4. The molecule has 4 N–H and O–H groups in total. The van der Waals surface area contributed by atoms with Crippen molar-refractivity contribution in [2.75, 3.05) is 24.6 Å². The first-order valence-corrected chi connectivity index (χ1v) is 6.58. The maximum Gasteiger partial charge on any atom is 0.0765 e. The standard InChI is InChI=1S/C12H18N2OS/c13-10-2-1-3-11(8-10)16-9-12(15)4-6-14-7-5-12/h1-3,8,14-15H,4-7,9,13H2. The summed E-state index contributed by atoms with van der Waals surface area (Å²) in [5.41, 5.74) is 5.98. The van der Waals surface area contributed by atoms with Gasteiger partial charge in [0.25, 0.3) is 0 Å². The van der Waals surface area contributed by atoms with E-state index in [1.807, 2.05) is 24.3 Å². The fourth-order valence-corrected chi connectivity index (χ4v) is 2.98. The lowest BCUT2D eigenvalue weighted by molar-refractivity contribution is 0.0339. The molecular formula is C12H18N2OS. The van der Waals surface area contributed by atoms with Gasteiger partial charge in [0.1, 0.15) is 0 Å². The third kappa shape index (κ3) is 3.14. The molecule has 0 bridgehead atoms. The first-order chi connectivity index (χ1) is 7.68. The second-order valence-electron chi connectivity index (χ2n) is 4.34. The molecule has 88 valence electrons. The fourth-order valence-electron chi connectivity index (χ4n) is 1.86. The van der Waals surface area contributed by atoms with E-state index in [0.29, 0.717) is 0 Å². The number of hydrogen-bond donors (Lipinski definition) is 3. The molecule has 1 aliphatic heterocycles. The first kappa shape index (κ1) is 11.8. The smallest absolute Gasteiger partial charge is 0.0765 e. The van der Waals surface area contributed by atoms with Crippen LogP contribution in [0.5, 0.6) is 0 Å². The van der Waals surface area contributed by atoms with Gasteiger partial charge in [-0.25, -0.2) is 0 Å². The predicted octanol–water partition coefficient (Wildman–Crippen LogP) is 1.48. The van der Waals surface area contributed by atoms with E-state index < -0.39 is 5.60 Å². The van der Waals surface area contributed by atoms with Gasteiger partial charge in [0.15, 0.2) is 0 Å². The van der Waals surface area contributed by atoms with E-state index >= 15 is 0 Å². The number of nitrogen functional groups attached to an aromatic ring is 1. The van der Waals surface area contributed by atoms with E-state index in [-0.39, 0.29) is 0 Å². The Morgan fingerprint density at radius 1 is 1.38 bits per heavy atom. The van der Waals surface area contributed by atoms with Crippen LogP contribution in [0.4, 0.5) is 5.69 Å². The van der Waals surface area contributed by atoms with Gasteiger partial charge in [0, 0.05) is 16.3 Å². The van der Waals surface area contributed by atoms with Crippen molar-refractivity contribution in [3.05, 3.63) is 24.3 Å². The monoisotopic (exact) mass is 238 g/mol. The minimum atomic E-state index is -0.513. The Kier molecular flexibility index (Phi) is 3.74. The molecule has 0 aromatic heterocycles. The van der Waals surface area contributed by atoms with E-state index in [9.17, 15) is 5.11 Å². The molecule has 0 amide bonds. The van der Waals surface area contributed by atoms with Crippen molar-refractivity contribution < 1.29 is 5.11 Å². The molecule has 0 radical (unpaired) electrons. The Bertz CT molecular complexity index is 351. The van der Waals surface area contributed by atoms with E-state index in [0.717, 1.165) is 42.3 Å². The number of nitrogens with two attached hydrogens (primary N) is 1. The summed E-state index contributed by atoms with van der Waals surface area (Å²) >= 11 is 1.68.